The highest BCUT2D eigenvalue weighted by Crippen LogP contribution is 2.31. The zero-order valence-electron chi connectivity index (χ0n) is 10.7. The van der Waals surface area contributed by atoms with Gasteiger partial charge in [-0.05, 0) is 41.2 Å². The fourth-order valence-electron chi connectivity index (χ4n) is 1.89. The summed E-state index contributed by atoms with van der Waals surface area (Å²) in [6, 6.07) is 5.99. The van der Waals surface area contributed by atoms with Crippen LogP contribution in [0.3, 0.4) is 0 Å². The van der Waals surface area contributed by atoms with Crippen LogP contribution in [0.2, 0.25) is 0 Å². The van der Waals surface area contributed by atoms with Gasteiger partial charge >= 0.3 is 0 Å². The number of aromatic nitrogens is 2. The van der Waals surface area contributed by atoms with Gasteiger partial charge in [0.1, 0.15) is 5.75 Å². The van der Waals surface area contributed by atoms with Crippen LogP contribution in [0.5, 0.6) is 5.75 Å². The highest BCUT2D eigenvalue weighted by Gasteiger charge is 2.11. The van der Waals surface area contributed by atoms with Crippen molar-refractivity contribution in [2.24, 2.45) is 7.05 Å². The number of nitrogens with one attached hydrogen (secondary N) is 1. The van der Waals surface area contributed by atoms with E-state index in [1.165, 1.54) is 0 Å². The number of hydrogen-bond donors (Lipinski definition) is 1. The zero-order chi connectivity index (χ0) is 13.1. The minimum Gasteiger partial charge on any atom is -0.496 e. The molecule has 1 aromatic carbocycles. The largest absolute Gasteiger partial charge is 0.496 e. The molecule has 0 atom stereocenters. The van der Waals surface area contributed by atoms with Crippen molar-refractivity contribution in [3.8, 4) is 17.0 Å². The minimum absolute atomic E-state index is 0.787. The molecule has 0 unspecified atom stereocenters. The monoisotopic (exact) mass is 309 g/mol. The molecule has 0 aliphatic rings. The van der Waals surface area contributed by atoms with Crippen LogP contribution >= 0.6 is 15.9 Å². The lowest BCUT2D eigenvalue weighted by Crippen LogP contribution is -2.09. The Labute approximate surface area is 115 Å². The Morgan fingerprint density at radius 1 is 1.44 bits per heavy atom. The fourth-order valence-corrected chi connectivity index (χ4v) is 2.43. The number of benzene rings is 1. The predicted molar refractivity (Wildman–Crippen MR) is 75.7 cm³/mol. The molecule has 0 amide bonds. The fraction of sp³-hybridized carbons (Fsp3) is 0.308. The smallest absolute Gasteiger partial charge is 0.133 e. The molecule has 96 valence electrons. The summed E-state index contributed by atoms with van der Waals surface area (Å²) in [5.41, 5.74) is 3.23. The van der Waals surface area contributed by atoms with Gasteiger partial charge in [0.15, 0.2) is 0 Å². The summed E-state index contributed by atoms with van der Waals surface area (Å²) in [7, 11) is 5.59. The molecular weight excluding hydrogens is 294 g/mol. The van der Waals surface area contributed by atoms with E-state index in [2.05, 4.69) is 26.2 Å². The summed E-state index contributed by atoms with van der Waals surface area (Å²) in [5.74, 6) is 0.824. The second-order valence-corrected chi connectivity index (χ2v) is 4.88. The molecule has 0 saturated carbocycles. The third-order valence-corrected chi connectivity index (χ3v) is 3.45. The molecule has 1 aromatic heterocycles. The number of aryl methyl sites for hydroxylation is 1. The van der Waals surface area contributed by atoms with Crippen LogP contribution in [0.4, 0.5) is 0 Å². The highest BCUT2D eigenvalue weighted by atomic mass is 79.9. The Morgan fingerprint density at radius 3 is 2.83 bits per heavy atom. The van der Waals surface area contributed by atoms with Crippen molar-refractivity contribution in [2.75, 3.05) is 14.2 Å². The molecule has 4 nitrogen and oxygen atoms in total. The van der Waals surface area contributed by atoms with E-state index >= 15 is 0 Å². The van der Waals surface area contributed by atoms with Crippen molar-refractivity contribution in [1.29, 1.82) is 0 Å². The van der Waals surface area contributed by atoms with Gasteiger partial charge in [0.25, 0.3) is 0 Å². The van der Waals surface area contributed by atoms with Crippen molar-refractivity contribution in [2.45, 2.75) is 6.54 Å². The molecule has 0 radical (unpaired) electrons. The summed E-state index contributed by atoms with van der Waals surface area (Å²) in [4.78, 5) is 4.46. The first-order valence-corrected chi connectivity index (χ1v) is 6.45. The summed E-state index contributed by atoms with van der Waals surface area (Å²) in [6.07, 6.45) is 1.83. The molecule has 5 heteroatoms. The maximum atomic E-state index is 5.23. The van der Waals surface area contributed by atoms with Crippen molar-refractivity contribution in [1.82, 2.24) is 14.9 Å². The molecule has 1 heterocycles. The van der Waals surface area contributed by atoms with E-state index in [1.54, 1.807) is 7.11 Å². The summed E-state index contributed by atoms with van der Waals surface area (Å²) in [6.45, 7) is 0.787. The molecule has 2 aromatic rings. The van der Waals surface area contributed by atoms with E-state index in [0.717, 1.165) is 33.7 Å². The van der Waals surface area contributed by atoms with Crippen LogP contribution in [0.25, 0.3) is 11.3 Å². The molecule has 0 fully saturated rings. The normalized spacial score (nSPS) is 10.7. The van der Waals surface area contributed by atoms with Gasteiger partial charge in [-0.2, -0.15) is 0 Å². The SMILES string of the molecule is CNCc1c(-c2ccc(OC)c(Br)c2)ncn1C. The van der Waals surface area contributed by atoms with Gasteiger partial charge < -0.3 is 14.6 Å². The van der Waals surface area contributed by atoms with Crippen LogP contribution in [-0.2, 0) is 13.6 Å². The van der Waals surface area contributed by atoms with Gasteiger partial charge in [0, 0.05) is 19.2 Å². The minimum atomic E-state index is 0.787. The Bertz CT molecular complexity index is 551. The Kier molecular flexibility index (Phi) is 4.04. The Balaban J connectivity index is 2.45. The lowest BCUT2D eigenvalue weighted by atomic mass is 10.1. The lowest BCUT2D eigenvalue weighted by Gasteiger charge is -2.08. The van der Waals surface area contributed by atoms with Crippen LogP contribution in [-0.4, -0.2) is 23.7 Å². The summed E-state index contributed by atoms with van der Waals surface area (Å²) >= 11 is 3.50. The van der Waals surface area contributed by atoms with Gasteiger partial charge in [-0.1, -0.05) is 0 Å². The first kappa shape index (κ1) is 13.1. The molecule has 0 spiro atoms. The second kappa shape index (κ2) is 5.54. The zero-order valence-corrected chi connectivity index (χ0v) is 12.3. The van der Waals surface area contributed by atoms with Crippen molar-refractivity contribution in [3.05, 3.63) is 34.7 Å². The molecular formula is C13H16BrN3O. The lowest BCUT2D eigenvalue weighted by molar-refractivity contribution is 0.412. The van der Waals surface area contributed by atoms with Crippen molar-refractivity contribution >= 4 is 15.9 Å². The Morgan fingerprint density at radius 2 is 2.22 bits per heavy atom. The highest BCUT2D eigenvalue weighted by molar-refractivity contribution is 9.10. The predicted octanol–water partition coefficient (Wildman–Crippen LogP) is 2.58. The van der Waals surface area contributed by atoms with Gasteiger partial charge in [0.2, 0.25) is 0 Å². The number of imidazole rings is 1. The standard InChI is InChI=1S/C13H16BrN3O/c1-15-7-11-13(16-8-17(11)2)9-4-5-12(18-3)10(14)6-9/h4-6,8,15H,7H2,1-3H3. The van der Waals surface area contributed by atoms with Crippen molar-refractivity contribution in [3.63, 3.8) is 0 Å². The molecule has 0 saturated heterocycles. The molecule has 18 heavy (non-hydrogen) atoms. The first-order valence-electron chi connectivity index (χ1n) is 5.66. The summed E-state index contributed by atoms with van der Waals surface area (Å²) < 4.78 is 8.20. The maximum Gasteiger partial charge on any atom is 0.133 e. The Hall–Kier alpha value is -1.33. The van der Waals surface area contributed by atoms with Gasteiger partial charge in [0.05, 0.1) is 29.3 Å². The third-order valence-electron chi connectivity index (χ3n) is 2.83. The number of hydrogen-bond acceptors (Lipinski definition) is 3. The van der Waals surface area contributed by atoms with Crippen LogP contribution < -0.4 is 10.1 Å². The molecule has 0 bridgehead atoms. The number of methoxy groups -OCH3 is 1. The van der Waals surface area contributed by atoms with E-state index in [-0.39, 0.29) is 0 Å². The molecule has 0 aliphatic heterocycles. The average molecular weight is 310 g/mol. The van der Waals surface area contributed by atoms with Gasteiger partial charge in [-0.25, -0.2) is 4.98 Å². The van der Waals surface area contributed by atoms with Crippen LogP contribution in [0.15, 0.2) is 29.0 Å². The number of rotatable bonds is 4. The van der Waals surface area contributed by atoms with E-state index in [4.69, 9.17) is 4.74 Å². The van der Waals surface area contributed by atoms with Gasteiger partial charge in [-0.15, -0.1) is 0 Å². The third kappa shape index (κ3) is 2.42. The molecule has 2 rings (SSSR count). The van der Waals surface area contributed by atoms with Crippen LogP contribution in [0.1, 0.15) is 5.69 Å². The maximum absolute atomic E-state index is 5.23. The topological polar surface area (TPSA) is 39.1 Å². The van der Waals surface area contributed by atoms with Crippen molar-refractivity contribution < 1.29 is 4.74 Å². The van der Waals surface area contributed by atoms with E-state index in [9.17, 15) is 0 Å². The van der Waals surface area contributed by atoms with E-state index in [1.807, 2.05) is 43.2 Å². The number of nitrogens with zero attached hydrogens (tertiary/aromatic N) is 2. The number of halogens is 1. The van der Waals surface area contributed by atoms with Gasteiger partial charge in [-0.3, -0.25) is 0 Å². The van der Waals surface area contributed by atoms with E-state index < -0.39 is 0 Å². The quantitative estimate of drug-likeness (QED) is 0.943. The van der Waals surface area contributed by atoms with E-state index in [0.29, 0.717) is 0 Å². The molecule has 0 aliphatic carbocycles. The number of ether oxygens (including phenoxy) is 1. The average Bonchev–Trinajstić information content (AvgIpc) is 2.72. The molecule has 1 N–H and O–H groups in total. The first-order chi connectivity index (χ1) is 8.67. The summed E-state index contributed by atoms with van der Waals surface area (Å²) in [5, 5.41) is 3.16. The van der Waals surface area contributed by atoms with Crippen LogP contribution in [0, 0.1) is 0 Å². The second-order valence-electron chi connectivity index (χ2n) is 4.03.